The lowest BCUT2D eigenvalue weighted by Gasteiger charge is -2.34. The SMILES string of the molecule is Cc1c(N2CCC(Oc3ccc4c(c3)COC4)CC2)nc2c(c1C)C(=O)N(C)C2. The van der Waals surface area contributed by atoms with E-state index in [1.807, 2.05) is 14.0 Å². The summed E-state index contributed by atoms with van der Waals surface area (Å²) in [7, 11) is 1.84. The van der Waals surface area contributed by atoms with E-state index in [1.165, 1.54) is 11.1 Å². The first kappa shape index (κ1) is 18.4. The molecule has 0 unspecified atom stereocenters. The topological polar surface area (TPSA) is 54.9 Å². The summed E-state index contributed by atoms with van der Waals surface area (Å²) in [6, 6.07) is 6.30. The Kier molecular flexibility index (Phi) is 4.46. The fourth-order valence-corrected chi connectivity index (χ4v) is 4.63. The Bertz CT molecular complexity index is 980. The molecule has 0 N–H and O–H groups in total. The van der Waals surface area contributed by atoms with Gasteiger partial charge >= 0.3 is 0 Å². The van der Waals surface area contributed by atoms with Crippen LogP contribution in [-0.4, -0.2) is 42.0 Å². The molecule has 1 aromatic carbocycles. The Morgan fingerprint density at radius 2 is 1.86 bits per heavy atom. The highest BCUT2D eigenvalue weighted by molar-refractivity contribution is 5.99. The summed E-state index contributed by atoms with van der Waals surface area (Å²) >= 11 is 0. The number of ether oxygens (including phenoxy) is 2. The lowest BCUT2D eigenvalue weighted by molar-refractivity contribution is 0.0815. The number of carbonyl (C=O) groups is 1. The summed E-state index contributed by atoms with van der Waals surface area (Å²) in [6.45, 7) is 7.95. The van der Waals surface area contributed by atoms with Gasteiger partial charge in [0.2, 0.25) is 0 Å². The van der Waals surface area contributed by atoms with E-state index in [1.54, 1.807) is 4.90 Å². The third-order valence-electron chi connectivity index (χ3n) is 6.49. The normalized spacial score (nSPS) is 18.9. The number of aromatic nitrogens is 1. The summed E-state index contributed by atoms with van der Waals surface area (Å²) < 4.78 is 11.8. The smallest absolute Gasteiger partial charge is 0.256 e. The van der Waals surface area contributed by atoms with Gasteiger partial charge < -0.3 is 19.3 Å². The highest BCUT2D eigenvalue weighted by atomic mass is 16.5. The zero-order valence-electron chi connectivity index (χ0n) is 17.3. The Labute approximate surface area is 171 Å². The molecule has 6 heteroatoms. The number of pyridine rings is 1. The van der Waals surface area contributed by atoms with Gasteiger partial charge in [0.25, 0.3) is 5.91 Å². The lowest BCUT2D eigenvalue weighted by atomic mass is 10.0. The molecule has 0 bridgehead atoms. The molecule has 3 aliphatic rings. The third-order valence-corrected chi connectivity index (χ3v) is 6.49. The number of benzene rings is 1. The molecule has 1 saturated heterocycles. The van der Waals surface area contributed by atoms with Crippen LogP contribution in [0.15, 0.2) is 18.2 Å². The second-order valence-electron chi connectivity index (χ2n) is 8.40. The van der Waals surface area contributed by atoms with Gasteiger partial charge in [0.1, 0.15) is 17.7 Å². The van der Waals surface area contributed by atoms with Crippen LogP contribution in [0.25, 0.3) is 0 Å². The molecule has 1 aromatic heterocycles. The quantitative estimate of drug-likeness (QED) is 0.800. The fraction of sp³-hybridized carbons (Fsp3) is 0.478. The molecule has 29 heavy (non-hydrogen) atoms. The first-order valence-electron chi connectivity index (χ1n) is 10.4. The third kappa shape index (κ3) is 3.15. The molecule has 0 spiro atoms. The summed E-state index contributed by atoms with van der Waals surface area (Å²) in [5.74, 6) is 2.06. The van der Waals surface area contributed by atoms with Crippen molar-refractivity contribution >= 4 is 11.7 Å². The number of piperidine rings is 1. The molecular formula is C23H27N3O3. The van der Waals surface area contributed by atoms with Crippen LogP contribution in [0.2, 0.25) is 0 Å². The summed E-state index contributed by atoms with van der Waals surface area (Å²) in [5, 5.41) is 0. The first-order chi connectivity index (χ1) is 14.0. The number of amides is 1. The van der Waals surface area contributed by atoms with Gasteiger partial charge in [-0.15, -0.1) is 0 Å². The van der Waals surface area contributed by atoms with E-state index in [2.05, 4.69) is 30.0 Å². The zero-order valence-corrected chi connectivity index (χ0v) is 17.3. The molecule has 1 amide bonds. The van der Waals surface area contributed by atoms with Crippen molar-refractivity contribution in [2.75, 3.05) is 25.0 Å². The van der Waals surface area contributed by atoms with Crippen molar-refractivity contribution in [3.63, 3.8) is 0 Å². The summed E-state index contributed by atoms with van der Waals surface area (Å²) in [4.78, 5) is 21.4. The molecule has 3 aliphatic heterocycles. The molecule has 5 rings (SSSR count). The standard InChI is InChI=1S/C23H27N3O3/c1-14-15(2)22(24-20-11-25(3)23(27)21(14)20)26-8-6-18(7-9-26)29-19-5-4-16-12-28-13-17(16)10-19/h4-5,10,18H,6-9,11-13H2,1-3H3. The average Bonchev–Trinajstić information content (AvgIpc) is 3.29. The predicted molar refractivity (Wildman–Crippen MR) is 110 cm³/mol. The predicted octanol–water partition coefficient (Wildman–Crippen LogP) is 3.36. The number of fused-ring (bicyclic) bond motifs is 2. The van der Waals surface area contributed by atoms with Crippen molar-refractivity contribution in [1.82, 2.24) is 9.88 Å². The fourth-order valence-electron chi connectivity index (χ4n) is 4.63. The first-order valence-corrected chi connectivity index (χ1v) is 10.4. The Balaban J connectivity index is 1.28. The van der Waals surface area contributed by atoms with E-state index in [9.17, 15) is 4.79 Å². The number of rotatable bonds is 3. The van der Waals surface area contributed by atoms with Crippen LogP contribution in [-0.2, 0) is 24.5 Å². The van der Waals surface area contributed by atoms with Crippen LogP contribution < -0.4 is 9.64 Å². The van der Waals surface area contributed by atoms with Crippen molar-refractivity contribution in [2.45, 2.75) is 52.6 Å². The molecule has 2 aromatic rings. The van der Waals surface area contributed by atoms with Gasteiger partial charge in [-0.2, -0.15) is 0 Å². The molecule has 0 radical (unpaired) electrons. The molecule has 0 atom stereocenters. The minimum absolute atomic E-state index is 0.0894. The van der Waals surface area contributed by atoms with Crippen LogP contribution in [0.1, 0.15) is 51.1 Å². The zero-order chi connectivity index (χ0) is 20.1. The summed E-state index contributed by atoms with van der Waals surface area (Å²) in [6.07, 6.45) is 2.14. The minimum Gasteiger partial charge on any atom is -0.490 e. The summed E-state index contributed by atoms with van der Waals surface area (Å²) in [5.41, 5.74) is 6.41. The van der Waals surface area contributed by atoms with E-state index in [4.69, 9.17) is 14.5 Å². The Morgan fingerprint density at radius 3 is 2.66 bits per heavy atom. The van der Waals surface area contributed by atoms with Crippen LogP contribution in [0, 0.1) is 13.8 Å². The number of hydrogen-bond donors (Lipinski definition) is 0. The Hall–Kier alpha value is -2.60. The van der Waals surface area contributed by atoms with E-state index in [-0.39, 0.29) is 12.0 Å². The van der Waals surface area contributed by atoms with Crippen LogP contribution in [0.3, 0.4) is 0 Å². The van der Waals surface area contributed by atoms with Crippen molar-refractivity contribution in [2.24, 2.45) is 0 Å². The van der Waals surface area contributed by atoms with E-state index in [0.29, 0.717) is 19.8 Å². The highest BCUT2D eigenvalue weighted by Crippen LogP contribution is 2.33. The molecule has 6 nitrogen and oxygen atoms in total. The van der Waals surface area contributed by atoms with Gasteiger partial charge in [-0.25, -0.2) is 4.98 Å². The number of hydrogen-bond acceptors (Lipinski definition) is 5. The van der Waals surface area contributed by atoms with Crippen molar-refractivity contribution in [1.29, 1.82) is 0 Å². The van der Waals surface area contributed by atoms with Crippen LogP contribution in [0.5, 0.6) is 5.75 Å². The monoisotopic (exact) mass is 393 g/mol. The van der Waals surface area contributed by atoms with E-state index >= 15 is 0 Å². The maximum Gasteiger partial charge on any atom is 0.256 e. The molecular weight excluding hydrogens is 366 g/mol. The second kappa shape index (κ2) is 7.02. The Morgan fingerprint density at radius 1 is 1.10 bits per heavy atom. The van der Waals surface area contributed by atoms with Crippen molar-refractivity contribution in [3.8, 4) is 5.75 Å². The molecule has 1 fully saturated rings. The number of carbonyl (C=O) groups excluding carboxylic acids is 1. The molecule has 0 saturated carbocycles. The van der Waals surface area contributed by atoms with Gasteiger partial charge in [0.15, 0.2) is 0 Å². The minimum atomic E-state index is 0.0894. The van der Waals surface area contributed by atoms with Gasteiger partial charge in [-0.1, -0.05) is 6.07 Å². The highest BCUT2D eigenvalue weighted by Gasteiger charge is 2.31. The second-order valence-corrected chi connectivity index (χ2v) is 8.40. The van der Waals surface area contributed by atoms with Crippen LogP contribution >= 0.6 is 0 Å². The van der Waals surface area contributed by atoms with Gasteiger partial charge in [0, 0.05) is 33.0 Å². The molecule has 0 aliphatic carbocycles. The largest absolute Gasteiger partial charge is 0.490 e. The average molecular weight is 393 g/mol. The maximum absolute atomic E-state index is 12.4. The van der Waals surface area contributed by atoms with Crippen molar-refractivity contribution in [3.05, 3.63) is 51.7 Å². The van der Waals surface area contributed by atoms with Gasteiger partial charge in [0.05, 0.1) is 31.0 Å². The van der Waals surface area contributed by atoms with Gasteiger partial charge in [-0.3, -0.25) is 4.79 Å². The molecule has 152 valence electrons. The number of nitrogens with zero attached hydrogens (tertiary/aromatic N) is 3. The number of anilines is 1. The van der Waals surface area contributed by atoms with Gasteiger partial charge in [-0.05, 0) is 48.2 Å². The maximum atomic E-state index is 12.4. The molecule has 4 heterocycles. The van der Waals surface area contributed by atoms with E-state index in [0.717, 1.165) is 59.9 Å². The van der Waals surface area contributed by atoms with Crippen LogP contribution in [0.4, 0.5) is 5.82 Å². The van der Waals surface area contributed by atoms with E-state index < -0.39 is 0 Å². The van der Waals surface area contributed by atoms with Crippen molar-refractivity contribution < 1.29 is 14.3 Å². The lowest BCUT2D eigenvalue weighted by Crippen LogP contribution is -2.39.